The van der Waals surface area contributed by atoms with E-state index in [1.807, 2.05) is 53.4 Å². The predicted molar refractivity (Wildman–Crippen MR) is 128 cm³/mol. The van der Waals surface area contributed by atoms with Crippen molar-refractivity contribution in [3.05, 3.63) is 90.0 Å². The summed E-state index contributed by atoms with van der Waals surface area (Å²) >= 11 is 0. The normalized spacial score (nSPS) is 19.3. The number of urea groups is 1. The van der Waals surface area contributed by atoms with Gasteiger partial charge in [0.05, 0.1) is 11.5 Å². The van der Waals surface area contributed by atoms with Crippen LogP contribution in [0.15, 0.2) is 78.9 Å². The molecular weight excluding hydrogens is 414 g/mol. The summed E-state index contributed by atoms with van der Waals surface area (Å²) in [6.07, 6.45) is 1.22. The van der Waals surface area contributed by atoms with E-state index in [2.05, 4.69) is 17.4 Å². The summed E-state index contributed by atoms with van der Waals surface area (Å²) in [6.45, 7) is 2.77. The van der Waals surface area contributed by atoms with Crippen molar-refractivity contribution in [3.63, 3.8) is 0 Å². The molecule has 2 aliphatic heterocycles. The van der Waals surface area contributed by atoms with Crippen LogP contribution in [-0.2, 0) is 4.79 Å². The number of nitrogens with one attached hydrogen (secondary N) is 1. The van der Waals surface area contributed by atoms with E-state index in [0.717, 1.165) is 11.3 Å². The zero-order valence-electron chi connectivity index (χ0n) is 18.6. The number of hydrogen-bond donors (Lipinski definition) is 2. The van der Waals surface area contributed by atoms with Crippen LogP contribution >= 0.6 is 0 Å². The summed E-state index contributed by atoms with van der Waals surface area (Å²) in [5.74, 6) is 0.281. The van der Waals surface area contributed by atoms with Gasteiger partial charge >= 0.3 is 6.03 Å². The fourth-order valence-electron chi connectivity index (χ4n) is 5.16. The van der Waals surface area contributed by atoms with Gasteiger partial charge in [-0.1, -0.05) is 54.6 Å². The van der Waals surface area contributed by atoms with Crippen molar-refractivity contribution in [3.8, 4) is 5.75 Å². The molecule has 1 atom stereocenters. The quantitative estimate of drug-likeness (QED) is 0.555. The number of hydrogen-bond acceptors (Lipinski definition) is 3. The van der Waals surface area contributed by atoms with Gasteiger partial charge in [0, 0.05) is 30.0 Å². The van der Waals surface area contributed by atoms with Crippen molar-refractivity contribution in [2.45, 2.75) is 25.8 Å². The van der Waals surface area contributed by atoms with Crippen LogP contribution in [0.1, 0.15) is 30.0 Å². The number of likely N-dealkylation sites (tertiary alicyclic amines) is 1. The van der Waals surface area contributed by atoms with E-state index in [-0.39, 0.29) is 23.7 Å². The van der Waals surface area contributed by atoms with Crippen molar-refractivity contribution >= 4 is 23.3 Å². The number of piperidine rings is 1. The molecule has 5 rings (SSSR count). The highest BCUT2D eigenvalue weighted by Crippen LogP contribution is 2.57. The molecule has 33 heavy (non-hydrogen) atoms. The molecule has 2 N–H and O–H groups in total. The van der Waals surface area contributed by atoms with Gasteiger partial charge < -0.3 is 20.2 Å². The monoisotopic (exact) mass is 441 g/mol. The van der Waals surface area contributed by atoms with Gasteiger partial charge in [0.25, 0.3) is 0 Å². The van der Waals surface area contributed by atoms with Crippen LogP contribution in [0.2, 0.25) is 0 Å². The van der Waals surface area contributed by atoms with Gasteiger partial charge in [-0.2, -0.15) is 0 Å². The Morgan fingerprint density at radius 3 is 2.24 bits per heavy atom. The average Bonchev–Trinajstić information content (AvgIpc) is 2.86. The fraction of sp³-hybridized carbons (Fsp3) is 0.259. The molecule has 2 aliphatic rings. The first-order chi connectivity index (χ1) is 16.0. The second kappa shape index (κ2) is 8.28. The van der Waals surface area contributed by atoms with E-state index in [9.17, 15) is 14.7 Å². The number of phenolic OH excluding ortho intramolecular Hbond substituents is 1. The second-order valence-electron chi connectivity index (χ2n) is 8.85. The minimum atomic E-state index is -0.505. The number of nitrogens with zero attached hydrogens (tertiary/aromatic N) is 2. The van der Waals surface area contributed by atoms with E-state index >= 15 is 0 Å². The Labute approximate surface area is 193 Å². The first-order valence-corrected chi connectivity index (χ1v) is 11.3. The maximum Gasteiger partial charge on any atom is 0.321 e. The number of β-lactam (4-membered cyclic amide) rings is 1. The van der Waals surface area contributed by atoms with Crippen LogP contribution in [0.4, 0.5) is 16.2 Å². The molecule has 6 nitrogen and oxygen atoms in total. The van der Waals surface area contributed by atoms with E-state index in [4.69, 9.17) is 0 Å². The van der Waals surface area contributed by atoms with Crippen molar-refractivity contribution in [1.29, 1.82) is 0 Å². The van der Waals surface area contributed by atoms with Gasteiger partial charge in [0.2, 0.25) is 5.91 Å². The molecule has 2 heterocycles. The molecule has 0 aliphatic carbocycles. The Balaban J connectivity index is 1.36. The lowest BCUT2D eigenvalue weighted by Gasteiger charge is -2.59. The summed E-state index contributed by atoms with van der Waals surface area (Å²) in [5, 5.41) is 12.8. The zero-order chi connectivity index (χ0) is 23.0. The maximum absolute atomic E-state index is 13.6. The average molecular weight is 442 g/mol. The minimum absolute atomic E-state index is 0.0490. The van der Waals surface area contributed by atoms with Gasteiger partial charge in [0.15, 0.2) is 0 Å². The van der Waals surface area contributed by atoms with Gasteiger partial charge in [-0.05, 0) is 49.6 Å². The third kappa shape index (κ3) is 3.52. The van der Waals surface area contributed by atoms with Crippen LogP contribution in [0.3, 0.4) is 0 Å². The number of benzene rings is 3. The lowest BCUT2D eigenvalue weighted by molar-refractivity contribution is -0.144. The van der Waals surface area contributed by atoms with Crippen molar-refractivity contribution < 1.29 is 14.7 Å². The molecule has 0 bridgehead atoms. The molecule has 1 unspecified atom stereocenters. The summed E-state index contributed by atoms with van der Waals surface area (Å²) in [4.78, 5) is 30.1. The van der Waals surface area contributed by atoms with Crippen molar-refractivity contribution in [2.24, 2.45) is 5.41 Å². The lowest BCUT2D eigenvalue weighted by Crippen LogP contribution is -2.67. The van der Waals surface area contributed by atoms with Crippen LogP contribution in [0, 0.1) is 12.3 Å². The molecule has 0 radical (unpaired) electrons. The van der Waals surface area contributed by atoms with Gasteiger partial charge in [-0.3, -0.25) is 4.79 Å². The Hall–Kier alpha value is -3.80. The maximum atomic E-state index is 13.6. The standard InChI is InChI=1S/C27H27N3O3/c1-19-22(13-8-14-23(19)31)28-26(33)29-17-15-27(16-18-29)24(20-9-4-2-5-10-20)30(25(27)32)21-11-6-3-7-12-21/h2-14,24,31H,15-18H2,1H3,(H,28,33). The van der Waals surface area contributed by atoms with Gasteiger partial charge in [-0.15, -0.1) is 0 Å². The van der Waals surface area contributed by atoms with Crippen LogP contribution in [-0.4, -0.2) is 35.0 Å². The predicted octanol–water partition coefficient (Wildman–Crippen LogP) is 5.10. The first kappa shape index (κ1) is 21.1. The van der Waals surface area contributed by atoms with Crippen LogP contribution in [0.5, 0.6) is 5.75 Å². The number of amides is 3. The third-order valence-electron chi connectivity index (χ3n) is 7.07. The van der Waals surface area contributed by atoms with E-state index in [1.54, 1.807) is 30.0 Å². The molecule has 1 spiro atoms. The van der Waals surface area contributed by atoms with Crippen LogP contribution < -0.4 is 10.2 Å². The number of carbonyl (C=O) groups excluding carboxylic acids is 2. The molecule has 3 amide bonds. The number of anilines is 2. The SMILES string of the molecule is Cc1c(O)cccc1NC(=O)N1CCC2(CC1)C(=O)N(c1ccccc1)C2c1ccccc1. The Bertz CT molecular complexity index is 1170. The molecule has 3 aromatic carbocycles. The topological polar surface area (TPSA) is 72.9 Å². The largest absolute Gasteiger partial charge is 0.508 e. The number of para-hydroxylation sites is 1. The molecule has 6 heteroatoms. The highest BCUT2D eigenvalue weighted by molar-refractivity contribution is 6.06. The first-order valence-electron chi connectivity index (χ1n) is 11.3. The number of phenols is 1. The summed E-state index contributed by atoms with van der Waals surface area (Å²) in [5.41, 5.74) is 2.75. The highest BCUT2D eigenvalue weighted by Gasteiger charge is 2.62. The number of rotatable bonds is 3. The highest BCUT2D eigenvalue weighted by atomic mass is 16.3. The number of carbonyl (C=O) groups is 2. The van der Waals surface area contributed by atoms with E-state index < -0.39 is 5.41 Å². The summed E-state index contributed by atoms with van der Waals surface area (Å²) in [7, 11) is 0. The van der Waals surface area contributed by atoms with Gasteiger partial charge in [-0.25, -0.2) is 4.79 Å². The number of aromatic hydroxyl groups is 1. The molecule has 2 saturated heterocycles. The lowest BCUT2D eigenvalue weighted by atomic mass is 9.62. The Morgan fingerprint density at radius 1 is 0.939 bits per heavy atom. The third-order valence-corrected chi connectivity index (χ3v) is 7.07. The second-order valence-corrected chi connectivity index (χ2v) is 8.85. The molecule has 3 aromatic rings. The molecule has 0 aromatic heterocycles. The molecule has 168 valence electrons. The van der Waals surface area contributed by atoms with Crippen molar-refractivity contribution in [1.82, 2.24) is 4.90 Å². The summed E-state index contributed by atoms with van der Waals surface area (Å²) in [6, 6.07) is 24.8. The van der Waals surface area contributed by atoms with E-state index in [0.29, 0.717) is 37.2 Å². The summed E-state index contributed by atoms with van der Waals surface area (Å²) < 4.78 is 0. The molecular formula is C27H27N3O3. The fourth-order valence-corrected chi connectivity index (χ4v) is 5.16. The Morgan fingerprint density at radius 2 is 1.58 bits per heavy atom. The van der Waals surface area contributed by atoms with E-state index in [1.165, 1.54) is 0 Å². The van der Waals surface area contributed by atoms with Crippen molar-refractivity contribution in [2.75, 3.05) is 23.3 Å². The minimum Gasteiger partial charge on any atom is -0.508 e. The molecule has 0 saturated carbocycles. The van der Waals surface area contributed by atoms with Crippen LogP contribution in [0.25, 0.3) is 0 Å². The zero-order valence-corrected chi connectivity index (χ0v) is 18.6. The molecule has 2 fully saturated rings. The van der Waals surface area contributed by atoms with Gasteiger partial charge in [0.1, 0.15) is 5.75 Å². The Kier molecular flexibility index (Phi) is 5.29. The smallest absolute Gasteiger partial charge is 0.321 e.